The number of Topliss-reactive ketones (excluding diaryl/α,β-unsaturated/α-hetero) is 1. The molecule has 8 nitrogen and oxygen atoms in total. The van der Waals surface area contributed by atoms with Gasteiger partial charge < -0.3 is 15.2 Å². The summed E-state index contributed by atoms with van der Waals surface area (Å²) in [7, 11) is -3.00. The van der Waals surface area contributed by atoms with E-state index >= 15 is 0 Å². The number of ketones is 1. The summed E-state index contributed by atoms with van der Waals surface area (Å²) in [5.74, 6) is -4.17. The molecular formula is C27H25Cl2FN2O6S. The van der Waals surface area contributed by atoms with Crippen molar-refractivity contribution in [3.05, 3.63) is 82.1 Å². The lowest BCUT2D eigenvalue weighted by Crippen LogP contribution is -2.46. The molecule has 0 spiro atoms. The Morgan fingerprint density at radius 3 is 2.33 bits per heavy atom. The fraction of sp³-hybridized carbons (Fsp3) is 0.259. The van der Waals surface area contributed by atoms with E-state index in [0.717, 1.165) is 12.1 Å². The van der Waals surface area contributed by atoms with E-state index in [-0.39, 0.29) is 31.8 Å². The second kappa shape index (κ2) is 12.0. The van der Waals surface area contributed by atoms with Crippen molar-refractivity contribution in [3.63, 3.8) is 0 Å². The highest BCUT2D eigenvalue weighted by Crippen LogP contribution is 2.35. The Balaban J connectivity index is 1.79. The summed E-state index contributed by atoms with van der Waals surface area (Å²) in [6, 6.07) is 11.7. The van der Waals surface area contributed by atoms with Gasteiger partial charge >= 0.3 is 5.97 Å². The second-order valence-corrected chi connectivity index (χ2v) is 11.6. The first-order valence-corrected chi connectivity index (χ1v) is 14.2. The molecule has 206 valence electrons. The molecule has 1 unspecified atom stereocenters. The number of halogens is 3. The van der Waals surface area contributed by atoms with E-state index in [1.165, 1.54) is 49.6 Å². The number of carboxylic acid groups (broad SMARTS) is 1. The number of hydrogen-bond acceptors (Lipinski definition) is 6. The molecule has 0 bridgehead atoms. The topological polar surface area (TPSA) is 122 Å². The molecule has 1 aliphatic heterocycles. The standard InChI is InChI=1S/C27H25Cl2FN2O6S/c1-38-22-6-2-4-20(30)23(22)15-7-9-16(10-8-15)25(24(27(34)35)26(33)21-5-3-11-31-21)32-39(36,37)19-13-17(28)12-18(29)14-19/h2,4,6-10,12-14,21,24-25,31-32H,3,5,11H2,1H3,(H,34,35)/t21?,24-,25-/m0/s1. The van der Waals surface area contributed by atoms with Crippen LogP contribution in [0.2, 0.25) is 10.0 Å². The minimum absolute atomic E-state index is 0.0589. The van der Waals surface area contributed by atoms with E-state index in [0.29, 0.717) is 24.9 Å². The molecule has 39 heavy (non-hydrogen) atoms. The summed E-state index contributed by atoms with van der Waals surface area (Å²) in [5, 5.41) is 13.2. The number of aliphatic carboxylic acids is 1. The number of carbonyl (C=O) groups is 2. The molecule has 0 radical (unpaired) electrons. The number of carbonyl (C=O) groups excluding carboxylic acids is 1. The van der Waals surface area contributed by atoms with E-state index < -0.39 is 45.6 Å². The first-order valence-electron chi connectivity index (χ1n) is 11.9. The summed E-state index contributed by atoms with van der Waals surface area (Å²) in [5.41, 5.74) is 0.773. The van der Waals surface area contributed by atoms with E-state index in [2.05, 4.69) is 10.0 Å². The summed E-state index contributed by atoms with van der Waals surface area (Å²) >= 11 is 12.0. The van der Waals surface area contributed by atoms with E-state index in [1.54, 1.807) is 6.07 Å². The van der Waals surface area contributed by atoms with Crippen molar-refractivity contribution in [1.82, 2.24) is 10.0 Å². The Hall–Kier alpha value is -3.02. The lowest BCUT2D eigenvalue weighted by molar-refractivity contribution is -0.148. The van der Waals surface area contributed by atoms with Crippen LogP contribution in [0.15, 0.2) is 65.6 Å². The minimum atomic E-state index is -4.40. The first-order chi connectivity index (χ1) is 18.5. The Morgan fingerprint density at radius 1 is 1.10 bits per heavy atom. The third-order valence-electron chi connectivity index (χ3n) is 6.49. The zero-order valence-electron chi connectivity index (χ0n) is 20.7. The number of sulfonamides is 1. The number of ether oxygens (including phenoxy) is 1. The van der Waals surface area contributed by atoms with Crippen molar-refractivity contribution in [2.75, 3.05) is 13.7 Å². The first kappa shape index (κ1) is 29.0. The summed E-state index contributed by atoms with van der Waals surface area (Å²) in [4.78, 5) is 25.5. The molecule has 1 saturated heterocycles. The van der Waals surface area contributed by atoms with Gasteiger partial charge in [-0.1, -0.05) is 53.5 Å². The smallest absolute Gasteiger partial charge is 0.316 e. The molecule has 12 heteroatoms. The summed E-state index contributed by atoms with van der Waals surface area (Å²) in [6.45, 7) is 0.541. The number of methoxy groups -OCH3 is 1. The maximum Gasteiger partial charge on any atom is 0.316 e. The van der Waals surface area contributed by atoms with Crippen LogP contribution in [0, 0.1) is 11.7 Å². The van der Waals surface area contributed by atoms with Crippen LogP contribution in [0.1, 0.15) is 24.4 Å². The van der Waals surface area contributed by atoms with Crippen LogP contribution < -0.4 is 14.8 Å². The third-order valence-corrected chi connectivity index (χ3v) is 8.35. The fourth-order valence-corrected chi connectivity index (χ4v) is 6.59. The van der Waals surface area contributed by atoms with Crippen molar-refractivity contribution in [1.29, 1.82) is 0 Å². The number of rotatable bonds is 10. The Morgan fingerprint density at radius 2 is 1.77 bits per heavy atom. The van der Waals surface area contributed by atoms with Gasteiger partial charge in [0.15, 0.2) is 5.78 Å². The highest BCUT2D eigenvalue weighted by molar-refractivity contribution is 7.89. The molecule has 0 amide bonds. The Bertz CT molecular complexity index is 1470. The highest BCUT2D eigenvalue weighted by Gasteiger charge is 2.42. The molecule has 3 aromatic rings. The molecule has 4 rings (SSSR count). The molecule has 1 fully saturated rings. The predicted octanol–water partition coefficient (Wildman–Crippen LogP) is 4.85. The second-order valence-electron chi connectivity index (χ2n) is 9.01. The monoisotopic (exact) mass is 594 g/mol. The molecule has 3 atom stereocenters. The van der Waals surface area contributed by atoms with Crippen molar-refractivity contribution >= 4 is 45.0 Å². The van der Waals surface area contributed by atoms with Crippen molar-refractivity contribution < 1.29 is 32.2 Å². The van der Waals surface area contributed by atoms with E-state index in [1.807, 2.05) is 0 Å². The molecule has 1 aliphatic rings. The maximum atomic E-state index is 14.6. The van der Waals surface area contributed by atoms with Crippen LogP contribution in [0.25, 0.3) is 11.1 Å². The summed E-state index contributed by atoms with van der Waals surface area (Å²) < 4.78 is 49.1. The van der Waals surface area contributed by atoms with Gasteiger partial charge in [0.25, 0.3) is 0 Å². The van der Waals surface area contributed by atoms with Crippen molar-refractivity contribution in [2.24, 2.45) is 5.92 Å². The Kier molecular flexibility index (Phi) is 8.93. The normalized spacial score (nSPS) is 17.0. The molecule has 0 aromatic heterocycles. The highest BCUT2D eigenvalue weighted by atomic mass is 35.5. The maximum absolute atomic E-state index is 14.6. The van der Waals surface area contributed by atoms with Gasteiger partial charge in [0, 0.05) is 10.0 Å². The fourth-order valence-electron chi connectivity index (χ4n) is 4.63. The SMILES string of the molecule is COc1cccc(F)c1-c1ccc([C@H](NS(=O)(=O)c2cc(Cl)cc(Cl)c2)[C@H](C(=O)O)C(=O)C2CCCN2)cc1. The van der Waals surface area contributed by atoms with Crippen molar-refractivity contribution in [3.8, 4) is 16.9 Å². The molecule has 0 aliphatic carbocycles. The van der Waals surface area contributed by atoms with Crippen LogP contribution >= 0.6 is 23.2 Å². The lowest BCUT2D eigenvalue weighted by Gasteiger charge is -2.27. The summed E-state index contributed by atoms with van der Waals surface area (Å²) in [6.07, 6.45) is 1.11. The number of nitrogens with one attached hydrogen (secondary N) is 2. The van der Waals surface area contributed by atoms with Gasteiger partial charge in [-0.3, -0.25) is 9.59 Å². The lowest BCUT2D eigenvalue weighted by atomic mass is 9.86. The van der Waals surface area contributed by atoms with Crippen LogP contribution in [-0.4, -0.2) is 45.0 Å². The van der Waals surface area contributed by atoms with Gasteiger partial charge in [-0.25, -0.2) is 17.5 Å². The van der Waals surface area contributed by atoms with Crippen LogP contribution in [0.4, 0.5) is 4.39 Å². The molecule has 0 saturated carbocycles. The molecule has 3 aromatic carbocycles. The van der Waals surface area contributed by atoms with Gasteiger partial charge in [0.2, 0.25) is 10.0 Å². The zero-order valence-corrected chi connectivity index (χ0v) is 23.0. The van der Waals surface area contributed by atoms with Crippen LogP contribution in [-0.2, 0) is 19.6 Å². The third kappa shape index (κ3) is 6.42. The van der Waals surface area contributed by atoms with Gasteiger partial charge in [0.05, 0.1) is 29.7 Å². The Labute approximate surface area is 235 Å². The zero-order chi connectivity index (χ0) is 28.3. The quantitative estimate of drug-likeness (QED) is 0.287. The van der Waals surface area contributed by atoms with Gasteiger partial charge in [-0.15, -0.1) is 0 Å². The van der Waals surface area contributed by atoms with E-state index in [4.69, 9.17) is 27.9 Å². The van der Waals surface area contributed by atoms with E-state index in [9.17, 15) is 27.5 Å². The van der Waals surface area contributed by atoms with Crippen LogP contribution in [0.5, 0.6) is 5.75 Å². The predicted molar refractivity (Wildman–Crippen MR) is 145 cm³/mol. The van der Waals surface area contributed by atoms with Gasteiger partial charge in [0.1, 0.15) is 17.5 Å². The number of hydrogen-bond donors (Lipinski definition) is 3. The molecule has 1 heterocycles. The molecule has 3 N–H and O–H groups in total. The minimum Gasteiger partial charge on any atom is -0.496 e. The number of carboxylic acids is 1. The average molecular weight is 595 g/mol. The largest absolute Gasteiger partial charge is 0.496 e. The van der Waals surface area contributed by atoms with Crippen LogP contribution in [0.3, 0.4) is 0 Å². The number of benzene rings is 3. The van der Waals surface area contributed by atoms with Crippen molar-refractivity contribution in [2.45, 2.75) is 29.8 Å². The average Bonchev–Trinajstić information content (AvgIpc) is 3.42. The van der Waals surface area contributed by atoms with Gasteiger partial charge in [-0.05, 0) is 60.8 Å². The van der Waals surface area contributed by atoms with Gasteiger partial charge in [-0.2, -0.15) is 0 Å². The molecular weight excluding hydrogens is 570 g/mol.